The highest BCUT2D eigenvalue weighted by Crippen LogP contribution is 2.54. The van der Waals surface area contributed by atoms with Gasteiger partial charge in [-0.1, -0.05) is 152 Å². The van der Waals surface area contributed by atoms with Gasteiger partial charge in [-0.2, -0.15) is 0 Å². The fourth-order valence-corrected chi connectivity index (χ4v) is 10.5. The number of ether oxygens (including phenoxy) is 2. The highest BCUT2D eigenvalue weighted by atomic mass is 16.8. The zero-order chi connectivity index (χ0) is 42.1. The Bertz CT molecular complexity index is 1060. The maximum absolute atomic E-state index is 9.70. The molecule has 2 saturated carbocycles. The second-order valence-corrected chi connectivity index (χ2v) is 19.3. The SMILES string of the molecule is CCCCC/C=C\C/C=C\CCCCCCCCC1(CCCCCCCC/C=C\C/C=C\CCCCC)CCC2(CC1)O[C@H]1CC(N(C)CCO)[C@@H](CCCO)C[C@@H]1O2. The molecule has 0 bridgehead atoms. The van der Waals surface area contributed by atoms with E-state index in [1.54, 1.807) is 0 Å². The van der Waals surface area contributed by atoms with E-state index in [4.69, 9.17) is 9.47 Å². The van der Waals surface area contributed by atoms with Crippen molar-refractivity contribution in [2.24, 2.45) is 11.3 Å². The van der Waals surface area contributed by atoms with Crippen LogP contribution in [0.4, 0.5) is 0 Å². The molecule has 0 aromatic rings. The van der Waals surface area contributed by atoms with Gasteiger partial charge in [0.25, 0.3) is 0 Å². The molecule has 0 aromatic carbocycles. The first-order chi connectivity index (χ1) is 29.0. The summed E-state index contributed by atoms with van der Waals surface area (Å²) in [4.78, 5) is 2.33. The minimum absolute atomic E-state index is 0.152. The second-order valence-electron chi connectivity index (χ2n) is 19.3. The van der Waals surface area contributed by atoms with Gasteiger partial charge in [-0.3, -0.25) is 0 Å². The average Bonchev–Trinajstić information content (AvgIpc) is 3.60. The summed E-state index contributed by atoms with van der Waals surface area (Å²) in [6.45, 7) is 5.66. The molecule has 1 unspecified atom stereocenters. The first-order valence-corrected chi connectivity index (χ1v) is 25.9. The Hall–Kier alpha value is -1.24. The molecule has 3 aliphatic rings. The van der Waals surface area contributed by atoms with Crippen LogP contribution >= 0.6 is 0 Å². The molecule has 3 rings (SSSR count). The molecule has 2 aliphatic carbocycles. The molecule has 5 nitrogen and oxygen atoms in total. The molecule has 0 aromatic heterocycles. The van der Waals surface area contributed by atoms with Gasteiger partial charge in [0.15, 0.2) is 5.79 Å². The van der Waals surface area contributed by atoms with E-state index in [1.807, 2.05) is 0 Å². The lowest BCUT2D eigenvalue weighted by atomic mass is 9.66. The maximum atomic E-state index is 9.70. The summed E-state index contributed by atoms with van der Waals surface area (Å²) >= 11 is 0. The molecule has 59 heavy (non-hydrogen) atoms. The van der Waals surface area contributed by atoms with Gasteiger partial charge in [0.1, 0.15) is 0 Å². The first-order valence-electron chi connectivity index (χ1n) is 25.9. The predicted octanol–water partition coefficient (Wildman–Crippen LogP) is 14.9. The van der Waals surface area contributed by atoms with E-state index in [2.05, 4.69) is 74.4 Å². The van der Waals surface area contributed by atoms with Gasteiger partial charge < -0.3 is 24.6 Å². The van der Waals surface area contributed by atoms with Gasteiger partial charge >= 0.3 is 0 Å². The summed E-state index contributed by atoms with van der Waals surface area (Å²) in [7, 11) is 2.15. The molecule has 1 aliphatic heterocycles. The number of allylic oxidation sites excluding steroid dienone is 8. The summed E-state index contributed by atoms with van der Waals surface area (Å²) in [6, 6.07) is 0.379. The molecule has 0 amide bonds. The maximum Gasteiger partial charge on any atom is 0.169 e. The van der Waals surface area contributed by atoms with Crippen LogP contribution < -0.4 is 0 Å². The molecular formula is C54H97NO4. The first kappa shape index (κ1) is 52.1. The lowest BCUT2D eigenvalue weighted by molar-refractivity contribution is -0.208. The highest BCUT2D eigenvalue weighted by molar-refractivity contribution is 5.00. The third-order valence-electron chi connectivity index (χ3n) is 14.3. The van der Waals surface area contributed by atoms with Crippen LogP contribution in [0.15, 0.2) is 48.6 Å². The fraction of sp³-hybridized carbons (Fsp3) is 0.852. The van der Waals surface area contributed by atoms with Crippen molar-refractivity contribution in [2.75, 3.05) is 26.8 Å². The third kappa shape index (κ3) is 22.1. The van der Waals surface area contributed by atoms with Gasteiger partial charge in [0, 0.05) is 32.0 Å². The van der Waals surface area contributed by atoms with Crippen LogP contribution in [0, 0.1) is 11.3 Å². The summed E-state index contributed by atoms with van der Waals surface area (Å²) in [6.07, 6.45) is 62.0. The van der Waals surface area contributed by atoms with Crippen molar-refractivity contribution in [1.82, 2.24) is 4.90 Å². The Morgan fingerprint density at radius 1 is 0.508 bits per heavy atom. The predicted molar refractivity (Wildman–Crippen MR) is 254 cm³/mol. The van der Waals surface area contributed by atoms with Gasteiger partial charge in [-0.05, 0) is 134 Å². The number of rotatable bonds is 36. The number of hydrogen-bond donors (Lipinski definition) is 2. The largest absolute Gasteiger partial charge is 0.396 e. The molecule has 4 atom stereocenters. The molecule has 0 radical (unpaired) electrons. The van der Waals surface area contributed by atoms with Gasteiger partial charge in [0.2, 0.25) is 0 Å². The summed E-state index contributed by atoms with van der Waals surface area (Å²) in [5.41, 5.74) is 0.448. The zero-order valence-electron chi connectivity index (χ0n) is 39.2. The van der Waals surface area contributed by atoms with Crippen molar-refractivity contribution >= 4 is 0 Å². The summed E-state index contributed by atoms with van der Waals surface area (Å²) in [5.74, 6) is 0.0813. The molecule has 1 saturated heterocycles. The summed E-state index contributed by atoms with van der Waals surface area (Å²) < 4.78 is 14.0. The lowest BCUT2D eigenvalue weighted by Gasteiger charge is -2.44. The van der Waals surface area contributed by atoms with Crippen molar-refractivity contribution in [3.63, 3.8) is 0 Å². The van der Waals surface area contributed by atoms with E-state index in [0.717, 1.165) is 51.4 Å². The molecule has 1 spiro atoms. The second kappa shape index (κ2) is 33.3. The molecule has 3 fully saturated rings. The van der Waals surface area contributed by atoms with Gasteiger partial charge in [0.05, 0.1) is 18.8 Å². The van der Waals surface area contributed by atoms with E-state index >= 15 is 0 Å². The number of likely N-dealkylation sites (N-methyl/N-ethyl adjacent to an activating group) is 1. The van der Waals surface area contributed by atoms with Crippen molar-refractivity contribution in [2.45, 2.75) is 256 Å². The van der Waals surface area contributed by atoms with E-state index in [0.29, 0.717) is 23.9 Å². The highest BCUT2D eigenvalue weighted by Gasteiger charge is 2.54. The average molecular weight is 824 g/mol. The van der Waals surface area contributed by atoms with E-state index in [1.165, 1.54) is 167 Å². The molecule has 342 valence electrons. The zero-order valence-corrected chi connectivity index (χ0v) is 39.2. The van der Waals surface area contributed by atoms with Gasteiger partial charge in [-0.25, -0.2) is 0 Å². The molecule has 2 N–H and O–H groups in total. The Morgan fingerprint density at radius 2 is 0.949 bits per heavy atom. The van der Waals surface area contributed by atoms with Crippen LogP contribution in [0.25, 0.3) is 0 Å². The van der Waals surface area contributed by atoms with Crippen molar-refractivity contribution in [1.29, 1.82) is 0 Å². The van der Waals surface area contributed by atoms with Crippen LogP contribution in [0.3, 0.4) is 0 Å². The molecule has 1 heterocycles. The van der Waals surface area contributed by atoms with E-state index < -0.39 is 5.79 Å². The topological polar surface area (TPSA) is 62.2 Å². The van der Waals surface area contributed by atoms with Crippen LogP contribution in [0.5, 0.6) is 0 Å². The number of fused-ring (bicyclic) bond motifs is 1. The molecule has 5 heteroatoms. The number of nitrogens with zero attached hydrogens (tertiary/aromatic N) is 1. The van der Waals surface area contributed by atoms with Crippen molar-refractivity contribution < 1.29 is 19.7 Å². The van der Waals surface area contributed by atoms with Crippen molar-refractivity contribution in [3.05, 3.63) is 48.6 Å². The number of unbranched alkanes of at least 4 members (excludes halogenated alkanes) is 18. The number of aliphatic hydroxyl groups excluding tert-OH is 2. The van der Waals surface area contributed by atoms with E-state index in [9.17, 15) is 10.2 Å². The normalized spacial score (nSPS) is 23.0. The van der Waals surface area contributed by atoms with Crippen molar-refractivity contribution in [3.8, 4) is 0 Å². The Labute approximate surface area is 366 Å². The number of aliphatic hydroxyl groups is 2. The van der Waals surface area contributed by atoms with Gasteiger partial charge in [-0.15, -0.1) is 0 Å². The minimum Gasteiger partial charge on any atom is -0.396 e. The monoisotopic (exact) mass is 824 g/mol. The summed E-state index contributed by atoms with van der Waals surface area (Å²) in [5, 5.41) is 19.3. The number of hydrogen-bond acceptors (Lipinski definition) is 5. The minimum atomic E-state index is -0.399. The smallest absolute Gasteiger partial charge is 0.169 e. The third-order valence-corrected chi connectivity index (χ3v) is 14.3. The lowest BCUT2D eigenvalue weighted by Crippen LogP contribution is -2.48. The molecular weight excluding hydrogens is 727 g/mol. The van der Waals surface area contributed by atoms with Crippen LogP contribution in [-0.2, 0) is 9.47 Å². The Kier molecular flexibility index (Phi) is 29.4. The fourth-order valence-electron chi connectivity index (χ4n) is 10.5. The Balaban J connectivity index is 1.40. The quantitative estimate of drug-likeness (QED) is 0.0487. The standard InChI is InChI=1S/C54H97NO4/c1-4-6-8-10-12-14-16-18-20-22-24-26-28-30-32-34-38-53(39-35-33-31-29-27-25-23-21-19-17-15-13-11-9-7-5-2)40-42-54(43-41-53)58-51-47-49(37-36-45-56)50(48-52(51)59-54)55(3)44-46-57/h12-15,18-21,49-52,56-57H,4-11,16-17,22-48H2,1-3H3/b14-12-,15-13-,20-18-,21-19-/t49-,50?,51-,52-/m0/s1. The van der Waals surface area contributed by atoms with Crippen LogP contribution in [0.1, 0.15) is 232 Å². The Morgan fingerprint density at radius 3 is 1.41 bits per heavy atom. The van der Waals surface area contributed by atoms with Crippen LogP contribution in [0.2, 0.25) is 0 Å². The van der Waals surface area contributed by atoms with E-state index in [-0.39, 0.29) is 25.4 Å². The van der Waals surface area contributed by atoms with Crippen LogP contribution in [-0.4, -0.2) is 66.0 Å².